The van der Waals surface area contributed by atoms with Gasteiger partial charge >= 0.3 is 0 Å². The number of halogens is 1. The molecule has 3 aromatic rings. The zero-order valence-corrected chi connectivity index (χ0v) is 10.6. The quantitative estimate of drug-likeness (QED) is 0.555. The lowest BCUT2D eigenvalue weighted by atomic mass is 9.99. The zero-order chi connectivity index (χ0) is 12.1. The van der Waals surface area contributed by atoms with Gasteiger partial charge in [0.2, 0.25) is 0 Å². The highest BCUT2D eigenvalue weighted by atomic mass is 35.5. The van der Waals surface area contributed by atoms with Crippen molar-refractivity contribution in [3.63, 3.8) is 0 Å². The summed E-state index contributed by atoms with van der Waals surface area (Å²) in [5.41, 5.74) is 5.36. The summed E-state index contributed by atoms with van der Waals surface area (Å²) in [7, 11) is 0. The SMILES string of the molecule is Clc1ccc2cc3n(c2c1)CCc1ccccc1-3. The van der Waals surface area contributed by atoms with Gasteiger partial charge in [0.1, 0.15) is 0 Å². The van der Waals surface area contributed by atoms with Gasteiger partial charge in [-0.1, -0.05) is 41.9 Å². The third-order valence-electron chi connectivity index (χ3n) is 3.76. The minimum Gasteiger partial charge on any atom is -0.340 e. The standard InChI is InChI=1S/C16H12ClN/c17-13-6-5-12-9-16-14-4-2-1-3-11(14)7-8-18(16)15(12)10-13/h1-6,9-10H,7-8H2. The van der Waals surface area contributed by atoms with Gasteiger partial charge in [0, 0.05) is 33.7 Å². The Labute approximate surface area is 111 Å². The molecule has 2 aromatic carbocycles. The predicted octanol–water partition coefficient (Wildman–Crippen LogP) is 4.52. The summed E-state index contributed by atoms with van der Waals surface area (Å²) in [6, 6.07) is 17.1. The van der Waals surface area contributed by atoms with Crippen LogP contribution < -0.4 is 0 Å². The second kappa shape index (κ2) is 3.63. The molecular weight excluding hydrogens is 242 g/mol. The molecule has 2 heteroatoms. The van der Waals surface area contributed by atoms with Crippen LogP contribution in [0, 0.1) is 0 Å². The predicted molar refractivity (Wildman–Crippen MR) is 76.1 cm³/mol. The van der Waals surface area contributed by atoms with Crippen LogP contribution in [0.4, 0.5) is 0 Å². The van der Waals surface area contributed by atoms with Crippen molar-refractivity contribution in [2.75, 3.05) is 0 Å². The fourth-order valence-corrected chi connectivity index (χ4v) is 3.08. The van der Waals surface area contributed by atoms with E-state index >= 15 is 0 Å². The lowest BCUT2D eigenvalue weighted by Crippen LogP contribution is -2.09. The number of aromatic nitrogens is 1. The molecule has 0 aliphatic carbocycles. The molecule has 4 rings (SSSR count). The van der Waals surface area contributed by atoms with Gasteiger partial charge in [-0.25, -0.2) is 0 Å². The first kappa shape index (κ1) is 10.2. The Bertz CT molecular complexity index is 755. The molecule has 0 N–H and O–H groups in total. The van der Waals surface area contributed by atoms with Gasteiger partial charge in [0.25, 0.3) is 0 Å². The highest BCUT2D eigenvalue weighted by molar-refractivity contribution is 6.31. The van der Waals surface area contributed by atoms with Crippen LogP contribution >= 0.6 is 11.6 Å². The molecule has 1 nitrogen and oxygen atoms in total. The van der Waals surface area contributed by atoms with Crippen LogP contribution in [-0.2, 0) is 13.0 Å². The van der Waals surface area contributed by atoms with Crippen LogP contribution in [0.15, 0.2) is 48.5 Å². The lowest BCUT2D eigenvalue weighted by Gasteiger charge is -2.19. The van der Waals surface area contributed by atoms with E-state index in [1.807, 2.05) is 6.07 Å². The van der Waals surface area contributed by atoms with E-state index in [-0.39, 0.29) is 0 Å². The van der Waals surface area contributed by atoms with Crippen LogP contribution in [0.5, 0.6) is 0 Å². The van der Waals surface area contributed by atoms with Crippen LogP contribution in [-0.4, -0.2) is 4.57 Å². The van der Waals surface area contributed by atoms with Gasteiger partial charge in [-0.15, -0.1) is 0 Å². The molecule has 88 valence electrons. The number of hydrogen-bond acceptors (Lipinski definition) is 0. The van der Waals surface area contributed by atoms with Crippen LogP contribution in [0.25, 0.3) is 22.2 Å². The number of benzene rings is 2. The minimum absolute atomic E-state index is 0.808. The maximum Gasteiger partial charge on any atom is 0.0500 e. The van der Waals surface area contributed by atoms with Gasteiger partial charge in [-0.3, -0.25) is 0 Å². The molecule has 0 radical (unpaired) electrons. The van der Waals surface area contributed by atoms with Crippen molar-refractivity contribution in [2.45, 2.75) is 13.0 Å². The topological polar surface area (TPSA) is 4.93 Å². The van der Waals surface area contributed by atoms with E-state index in [1.165, 1.54) is 27.7 Å². The first-order valence-corrected chi connectivity index (χ1v) is 6.58. The summed E-state index contributed by atoms with van der Waals surface area (Å²) in [6.07, 6.45) is 1.10. The molecule has 0 unspecified atom stereocenters. The lowest BCUT2D eigenvalue weighted by molar-refractivity contribution is 0.710. The maximum absolute atomic E-state index is 6.10. The van der Waals surface area contributed by atoms with Crippen molar-refractivity contribution < 1.29 is 0 Å². The van der Waals surface area contributed by atoms with Gasteiger partial charge in [0.05, 0.1) is 0 Å². The molecule has 0 spiro atoms. The summed E-state index contributed by atoms with van der Waals surface area (Å²) in [4.78, 5) is 0. The van der Waals surface area contributed by atoms with Crippen LogP contribution in [0.2, 0.25) is 5.02 Å². The molecule has 0 saturated carbocycles. The van der Waals surface area contributed by atoms with Crippen molar-refractivity contribution in [3.05, 3.63) is 59.1 Å². The summed E-state index contributed by atoms with van der Waals surface area (Å²) in [6.45, 7) is 1.04. The minimum atomic E-state index is 0.808. The molecule has 0 saturated heterocycles. The Morgan fingerprint density at radius 3 is 2.83 bits per heavy atom. The molecule has 0 fully saturated rings. The summed E-state index contributed by atoms with van der Waals surface area (Å²) in [5, 5.41) is 2.08. The molecule has 1 aromatic heterocycles. The van der Waals surface area contributed by atoms with Gasteiger partial charge < -0.3 is 4.57 Å². The Hall–Kier alpha value is -1.73. The average molecular weight is 254 g/mol. The number of hydrogen-bond donors (Lipinski definition) is 0. The number of fused-ring (bicyclic) bond motifs is 5. The average Bonchev–Trinajstić information content (AvgIpc) is 2.77. The Morgan fingerprint density at radius 1 is 1.00 bits per heavy atom. The van der Waals surface area contributed by atoms with Gasteiger partial charge in [-0.05, 0) is 30.2 Å². The molecule has 1 aliphatic rings. The van der Waals surface area contributed by atoms with Gasteiger partial charge in [-0.2, -0.15) is 0 Å². The van der Waals surface area contributed by atoms with Crippen LogP contribution in [0.1, 0.15) is 5.56 Å². The zero-order valence-electron chi connectivity index (χ0n) is 9.86. The van der Waals surface area contributed by atoms with Crippen molar-refractivity contribution in [2.24, 2.45) is 0 Å². The van der Waals surface area contributed by atoms with E-state index in [4.69, 9.17) is 11.6 Å². The Morgan fingerprint density at radius 2 is 1.89 bits per heavy atom. The summed E-state index contributed by atoms with van der Waals surface area (Å²) in [5.74, 6) is 0. The number of nitrogens with zero attached hydrogens (tertiary/aromatic N) is 1. The fraction of sp³-hybridized carbons (Fsp3) is 0.125. The molecule has 18 heavy (non-hydrogen) atoms. The number of aryl methyl sites for hydroxylation is 2. The van der Waals surface area contributed by atoms with E-state index in [9.17, 15) is 0 Å². The van der Waals surface area contributed by atoms with E-state index < -0.39 is 0 Å². The largest absolute Gasteiger partial charge is 0.340 e. The molecule has 0 atom stereocenters. The maximum atomic E-state index is 6.10. The van der Waals surface area contributed by atoms with E-state index in [0.29, 0.717) is 0 Å². The molecule has 1 aliphatic heterocycles. The molecule has 0 bridgehead atoms. The second-order valence-corrected chi connectivity index (χ2v) is 5.23. The van der Waals surface area contributed by atoms with Gasteiger partial charge in [0.15, 0.2) is 0 Å². The molecular formula is C16H12ClN. The van der Waals surface area contributed by atoms with Crippen molar-refractivity contribution >= 4 is 22.5 Å². The fourth-order valence-electron chi connectivity index (χ4n) is 2.91. The van der Waals surface area contributed by atoms with E-state index in [0.717, 1.165) is 18.0 Å². The van der Waals surface area contributed by atoms with E-state index in [1.54, 1.807) is 0 Å². The smallest absolute Gasteiger partial charge is 0.0500 e. The third kappa shape index (κ3) is 1.34. The monoisotopic (exact) mass is 253 g/mol. The highest BCUT2D eigenvalue weighted by Gasteiger charge is 2.17. The first-order valence-electron chi connectivity index (χ1n) is 6.20. The Balaban J connectivity index is 2.08. The Kier molecular flexibility index (Phi) is 2.06. The molecule has 0 amide bonds. The second-order valence-electron chi connectivity index (χ2n) is 4.79. The van der Waals surface area contributed by atoms with Crippen LogP contribution in [0.3, 0.4) is 0 Å². The van der Waals surface area contributed by atoms with E-state index in [2.05, 4.69) is 47.0 Å². The highest BCUT2D eigenvalue weighted by Crippen LogP contribution is 2.35. The summed E-state index contributed by atoms with van der Waals surface area (Å²) >= 11 is 6.10. The molecule has 2 heterocycles. The first-order chi connectivity index (χ1) is 8.83. The van der Waals surface area contributed by atoms with Crippen molar-refractivity contribution in [1.82, 2.24) is 4.57 Å². The van der Waals surface area contributed by atoms with Crippen molar-refractivity contribution in [1.29, 1.82) is 0 Å². The normalized spacial score (nSPS) is 13.4. The summed E-state index contributed by atoms with van der Waals surface area (Å²) < 4.78 is 2.38. The van der Waals surface area contributed by atoms with Crippen molar-refractivity contribution in [3.8, 4) is 11.3 Å². The third-order valence-corrected chi connectivity index (χ3v) is 4.00. The number of rotatable bonds is 0.